The maximum absolute atomic E-state index is 6.09. The Hall–Kier alpha value is -0.730. The van der Waals surface area contributed by atoms with Gasteiger partial charge in [-0.05, 0) is 63.0 Å². The Morgan fingerprint density at radius 3 is 2.71 bits per heavy atom. The number of benzene rings is 1. The summed E-state index contributed by atoms with van der Waals surface area (Å²) in [5.74, 6) is 1.84. The van der Waals surface area contributed by atoms with Crippen molar-refractivity contribution in [1.82, 2.24) is 4.90 Å². The molecular formula is C17H28ClIN4O. The summed E-state index contributed by atoms with van der Waals surface area (Å²) in [6, 6.07) is 5.45. The zero-order valence-electron chi connectivity index (χ0n) is 14.4. The lowest BCUT2D eigenvalue weighted by Crippen LogP contribution is -2.33. The number of aliphatic imine (C=N–C) groups is 1. The monoisotopic (exact) mass is 466 g/mol. The van der Waals surface area contributed by atoms with Crippen molar-refractivity contribution in [2.75, 3.05) is 38.6 Å². The van der Waals surface area contributed by atoms with Gasteiger partial charge in [-0.25, -0.2) is 0 Å². The molecule has 2 rings (SSSR count). The van der Waals surface area contributed by atoms with Gasteiger partial charge >= 0.3 is 0 Å². The number of rotatable bonds is 6. The van der Waals surface area contributed by atoms with Crippen LogP contribution < -0.4 is 15.8 Å². The number of nitrogens with one attached hydrogen (secondary N) is 1. The minimum atomic E-state index is 0. The second-order valence-electron chi connectivity index (χ2n) is 5.91. The highest BCUT2D eigenvalue weighted by Gasteiger charge is 2.17. The van der Waals surface area contributed by atoms with E-state index in [1.807, 2.05) is 6.07 Å². The molecule has 0 atom stereocenters. The number of nitrogens with two attached hydrogens (primary N) is 1. The number of anilines is 1. The first kappa shape index (κ1) is 21.3. The van der Waals surface area contributed by atoms with Crippen molar-refractivity contribution in [1.29, 1.82) is 0 Å². The van der Waals surface area contributed by atoms with Crippen molar-refractivity contribution in [3.63, 3.8) is 0 Å². The molecule has 7 heteroatoms. The van der Waals surface area contributed by atoms with E-state index in [2.05, 4.69) is 22.1 Å². The molecule has 0 bridgehead atoms. The first-order chi connectivity index (χ1) is 11.1. The van der Waals surface area contributed by atoms with Gasteiger partial charge in [-0.3, -0.25) is 4.99 Å². The summed E-state index contributed by atoms with van der Waals surface area (Å²) >= 11 is 6.09. The Balaban J connectivity index is 0.00000288. The Labute approximate surface area is 167 Å². The number of halogens is 2. The van der Waals surface area contributed by atoms with Crippen LogP contribution in [-0.2, 0) is 0 Å². The molecule has 1 aliphatic rings. The van der Waals surface area contributed by atoms with Gasteiger partial charge in [0.05, 0.1) is 12.1 Å². The van der Waals surface area contributed by atoms with E-state index in [9.17, 15) is 0 Å². The number of methoxy groups -OCH3 is 1. The number of guanidine groups is 1. The van der Waals surface area contributed by atoms with Gasteiger partial charge in [-0.1, -0.05) is 18.5 Å². The van der Waals surface area contributed by atoms with Crippen LogP contribution in [0, 0.1) is 5.92 Å². The van der Waals surface area contributed by atoms with Gasteiger partial charge in [-0.2, -0.15) is 0 Å². The van der Waals surface area contributed by atoms with E-state index in [1.165, 1.54) is 25.9 Å². The lowest BCUT2D eigenvalue weighted by Gasteiger charge is -2.30. The molecule has 1 aromatic rings. The molecule has 1 fully saturated rings. The van der Waals surface area contributed by atoms with Crippen molar-refractivity contribution >= 4 is 47.2 Å². The van der Waals surface area contributed by atoms with Crippen LogP contribution in [0.2, 0.25) is 5.02 Å². The van der Waals surface area contributed by atoms with Crippen molar-refractivity contribution in [2.24, 2.45) is 16.6 Å². The number of hydrogen-bond acceptors (Lipinski definition) is 3. The number of piperidine rings is 1. The van der Waals surface area contributed by atoms with Crippen LogP contribution in [0.1, 0.15) is 26.2 Å². The predicted octanol–water partition coefficient (Wildman–Crippen LogP) is 3.82. The van der Waals surface area contributed by atoms with Crippen LogP contribution in [0.15, 0.2) is 23.2 Å². The van der Waals surface area contributed by atoms with Crippen molar-refractivity contribution in [3.05, 3.63) is 23.2 Å². The summed E-state index contributed by atoms with van der Waals surface area (Å²) in [4.78, 5) is 6.92. The van der Waals surface area contributed by atoms with E-state index in [0.29, 0.717) is 16.7 Å². The minimum absolute atomic E-state index is 0. The first-order valence-electron chi connectivity index (χ1n) is 8.25. The molecule has 0 unspecified atom stereocenters. The normalized spacial score (nSPS) is 16.5. The van der Waals surface area contributed by atoms with E-state index in [1.54, 1.807) is 19.2 Å². The fourth-order valence-electron chi connectivity index (χ4n) is 2.89. The van der Waals surface area contributed by atoms with Crippen LogP contribution in [-0.4, -0.2) is 44.1 Å². The van der Waals surface area contributed by atoms with Crippen LogP contribution in [0.3, 0.4) is 0 Å². The summed E-state index contributed by atoms with van der Waals surface area (Å²) in [6.45, 7) is 6.57. The molecule has 1 saturated heterocycles. The van der Waals surface area contributed by atoms with E-state index in [4.69, 9.17) is 22.1 Å². The van der Waals surface area contributed by atoms with Crippen LogP contribution in [0.5, 0.6) is 5.75 Å². The van der Waals surface area contributed by atoms with Gasteiger partial charge in [0.25, 0.3) is 0 Å². The Morgan fingerprint density at radius 1 is 1.42 bits per heavy atom. The van der Waals surface area contributed by atoms with Gasteiger partial charge in [0.1, 0.15) is 5.75 Å². The Bertz CT molecular complexity index is 533. The largest absolute Gasteiger partial charge is 0.495 e. The quantitative estimate of drug-likeness (QED) is 0.380. The van der Waals surface area contributed by atoms with Gasteiger partial charge in [0.2, 0.25) is 0 Å². The number of likely N-dealkylation sites (tertiary alicyclic amines) is 1. The molecule has 0 aliphatic carbocycles. The lowest BCUT2D eigenvalue weighted by atomic mass is 9.94. The highest BCUT2D eigenvalue weighted by Crippen LogP contribution is 2.27. The second-order valence-corrected chi connectivity index (χ2v) is 6.31. The minimum Gasteiger partial charge on any atom is -0.495 e. The third kappa shape index (κ3) is 6.64. The molecule has 1 aromatic carbocycles. The summed E-state index contributed by atoms with van der Waals surface area (Å²) < 4.78 is 5.13. The predicted molar refractivity (Wildman–Crippen MR) is 113 cm³/mol. The molecule has 0 saturated carbocycles. The van der Waals surface area contributed by atoms with E-state index < -0.39 is 0 Å². The highest BCUT2D eigenvalue weighted by molar-refractivity contribution is 14.0. The SMILES string of the molecule is CCN1CCC(CCN=C(N)Nc2ccc(OC)c(Cl)c2)CC1.I. The Kier molecular flexibility index (Phi) is 9.76. The molecule has 0 radical (unpaired) electrons. The fraction of sp³-hybridized carbons (Fsp3) is 0.588. The number of ether oxygens (including phenoxy) is 1. The van der Waals surface area contributed by atoms with Gasteiger partial charge < -0.3 is 20.7 Å². The molecule has 136 valence electrons. The average molecular weight is 467 g/mol. The molecule has 0 spiro atoms. The maximum Gasteiger partial charge on any atom is 0.193 e. The molecule has 3 N–H and O–H groups in total. The molecule has 5 nitrogen and oxygen atoms in total. The lowest BCUT2D eigenvalue weighted by molar-refractivity contribution is 0.188. The maximum atomic E-state index is 6.09. The molecule has 24 heavy (non-hydrogen) atoms. The van der Waals surface area contributed by atoms with E-state index in [-0.39, 0.29) is 24.0 Å². The summed E-state index contributed by atoms with van der Waals surface area (Å²) in [5, 5.41) is 3.62. The zero-order chi connectivity index (χ0) is 16.7. The average Bonchev–Trinajstić information content (AvgIpc) is 2.55. The highest BCUT2D eigenvalue weighted by atomic mass is 127. The van der Waals surface area contributed by atoms with Gasteiger partial charge in [0, 0.05) is 12.2 Å². The smallest absolute Gasteiger partial charge is 0.193 e. The van der Waals surface area contributed by atoms with Crippen LogP contribution in [0.25, 0.3) is 0 Å². The summed E-state index contributed by atoms with van der Waals surface area (Å²) in [7, 11) is 1.59. The number of nitrogens with zero attached hydrogens (tertiary/aromatic N) is 2. The topological polar surface area (TPSA) is 62.9 Å². The van der Waals surface area contributed by atoms with E-state index >= 15 is 0 Å². The number of hydrogen-bond donors (Lipinski definition) is 2. The van der Waals surface area contributed by atoms with Crippen LogP contribution in [0.4, 0.5) is 5.69 Å². The third-order valence-corrected chi connectivity index (χ3v) is 4.69. The third-order valence-electron chi connectivity index (χ3n) is 4.40. The van der Waals surface area contributed by atoms with Crippen molar-refractivity contribution in [3.8, 4) is 5.75 Å². The fourth-order valence-corrected chi connectivity index (χ4v) is 3.15. The molecule has 0 aromatic heterocycles. The second kappa shape index (κ2) is 11.0. The molecule has 1 heterocycles. The standard InChI is InChI=1S/C17H27ClN4O.HI/c1-3-22-10-7-13(8-11-22)6-9-20-17(19)21-14-4-5-16(23-2)15(18)12-14;/h4-5,12-13H,3,6-11H2,1-2H3,(H3,19,20,21);1H. The zero-order valence-corrected chi connectivity index (χ0v) is 17.5. The molecular weight excluding hydrogens is 439 g/mol. The van der Waals surface area contributed by atoms with Crippen molar-refractivity contribution < 1.29 is 4.74 Å². The van der Waals surface area contributed by atoms with E-state index in [0.717, 1.165) is 31.1 Å². The van der Waals surface area contributed by atoms with Gasteiger partial charge in [-0.15, -0.1) is 24.0 Å². The van der Waals surface area contributed by atoms with Gasteiger partial charge in [0.15, 0.2) is 5.96 Å². The molecule has 0 amide bonds. The summed E-state index contributed by atoms with van der Waals surface area (Å²) in [5.41, 5.74) is 6.76. The van der Waals surface area contributed by atoms with Crippen molar-refractivity contribution in [2.45, 2.75) is 26.2 Å². The first-order valence-corrected chi connectivity index (χ1v) is 8.63. The molecule has 1 aliphatic heterocycles. The summed E-state index contributed by atoms with van der Waals surface area (Å²) in [6.07, 6.45) is 3.64. The Morgan fingerprint density at radius 2 is 2.12 bits per heavy atom. The van der Waals surface area contributed by atoms with Crippen LogP contribution >= 0.6 is 35.6 Å².